The van der Waals surface area contributed by atoms with Crippen molar-refractivity contribution in [1.82, 2.24) is 9.21 Å². The number of para-hydroxylation sites is 1. The number of benzene rings is 1. The Hall–Kier alpha value is -1.60. The van der Waals surface area contributed by atoms with Crippen LogP contribution in [0.3, 0.4) is 0 Å². The number of carbonyl (C=O) groups excluding carboxylic acids is 1. The average Bonchev–Trinajstić information content (AvgIpc) is 2.64. The molecule has 0 aromatic heterocycles. The Balaban J connectivity index is 1.83. The molecule has 0 unspecified atom stereocenters. The predicted octanol–water partition coefficient (Wildman–Crippen LogP) is 1.90. The van der Waals surface area contributed by atoms with Crippen molar-refractivity contribution >= 4 is 15.9 Å². The molecule has 1 aromatic carbocycles. The summed E-state index contributed by atoms with van der Waals surface area (Å²) >= 11 is 0. The summed E-state index contributed by atoms with van der Waals surface area (Å²) in [6, 6.07) is 7.69. The number of piperazine rings is 1. The Morgan fingerprint density at radius 2 is 1.80 bits per heavy atom. The highest BCUT2D eigenvalue weighted by Gasteiger charge is 2.28. The van der Waals surface area contributed by atoms with Crippen LogP contribution < -0.4 is 4.74 Å². The SMILES string of the molecule is CCCCS(=O)(=O)N1CCN(C(=O)COc2ccccc2CC)CC1. The van der Waals surface area contributed by atoms with Crippen molar-refractivity contribution in [3.05, 3.63) is 29.8 Å². The quantitative estimate of drug-likeness (QED) is 0.703. The van der Waals surface area contributed by atoms with E-state index in [1.807, 2.05) is 38.1 Å². The molecule has 1 amide bonds. The van der Waals surface area contributed by atoms with Gasteiger partial charge >= 0.3 is 0 Å². The van der Waals surface area contributed by atoms with Gasteiger partial charge in [0.1, 0.15) is 5.75 Å². The second kappa shape index (κ2) is 9.20. The molecule has 1 saturated heterocycles. The second-order valence-corrected chi connectivity index (χ2v) is 8.29. The highest BCUT2D eigenvalue weighted by Crippen LogP contribution is 2.18. The lowest BCUT2D eigenvalue weighted by molar-refractivity contribution is -0.134. The average molecular weight is 368 g/mol. The van der Waals surface area contributed by atoms with Crippen molar-refractivity contribution < 1.29 is 17.9 Å². The number of hydrogen-bond acceptors (Lipinski definition) is 4. The third-order valence-electron chi connectivity index (χ3n) is 4.45. The summed E-state index contributed by atoms with van der Waals surface area (Å²) in [7, 11) is -3.19. The van der Waals surface area contributed by atoms with Gasteiger partial charge < -0.3 is 9.64 Å². The molecule has 1 aromatic rings. The maximum Gasteiger partial charge on any atom is 0.260 e. The summed E-state index contributed by atoms with van der Waals surface area (Å²) in [6.07, 6.45) is 2.37. The molecular weight excluding hydrogens is 340 g/mol. The van der Waals surface area contributed by atoms with E-state index < -0.39 is 10.0 Å². The molecule has 0 N–H and O–H groups in total. The molecule has 0 bridgehead atoms. The summed E-state index contributed by atoms with van der Waals surface area (Å²) in [5, 5.41) is 0. The highest BCUT2D eigenvalue weighted by atomic mass is 32.2. The van der Waals surface area contributed by atoms with Crippen molar-refractivity contribution in [2.45, 2.75) is 33.1 Å². The molecule has 0 atom stereocenters. The van der Waals surface area contributed by atoms with Crippen molar-refractivity contribution in [2.75, 3.05) is 38.5 Å². The number of amides is 1. The van der Waals surface area contributed by atoms with Gasteiger partial charge in [-0.3, -0.25) is 4.79 Å². The Labute approximate surface area is 150 Å². The van der Waals surface area contributed by atoms with Gasteiger partial charge in [-0.05, 0) is 24.5 Å². The number of sulfonamides is 1. The van der Waals surface area contributed by atoms with E-state index in [-0.39, 0.29) is 18.3 Å². The summed E-state index contributed by atoms with van der Waals surface area (Å²) < 4.78 is 31.6. The Kier molecular flexibility index (Phi) is 7.25. The molecular formula is C18H28N2O4S. The van der Waals surface area contributed by atoms with E-state index in [2.05, 4.69) is 0 Å². The first kappa shape index (κ1) is 19.7. The van der Waals surface area contributed by atoms with E-state index >= 15 is 0 Å². The summed E-state index contributed by atoms with van der Waals surface area (Å²) in [4.78, 5) is 14.0. The molecule has 1 heterocycles. The van der Waals surface area contributed by atoms with Crippen LogP contribution in [0.5, 0.6) is 5.75 Å². The minimum atomic E-state index is -3.19. The molecule has 1 aliphatic rings. The van der Waals surface area contributed by atoms with Crippen LogP contribution >= 0.6 is 0 Å². The van der Waals surface area contributed by atoms with E-state index in [1.165, 1.54) is 4.31 Å². The number of carbonyl (C=O) groups is 1. The first-order chi connectivity index (χ1) is 12.0. The Morgan fingerprint density at radius 3 is 2.44 bits per heavy atom. The number of hydrogen-bond donors (Lipinski definition) is 0. The number of nitrogens with zero attached hydrogens (tertiary/aromatic N) is 2. The topological polar surface area (TPSA) is 66.9 Å². The highest BCUT2D eigenvalue weighted by molar-refractivity contribution is 7.89. The molecule has 140 valence electrons. The lowest BCUT2D eigenvalue weighted by atomic mass is 10.1. The lowest BCUT2D eigenvalue weighted by Crippen LogP contribution is -2.52. The Bertz CT molecular complexity index is 667. The zero-order valence-corrected chi connectivity index (χ0v) is 15.9. The van der Waals surface area contributed by atoms with Crippen LogP contribution in [0.4, 0.5) is 0 Å². The van der Waals surface area contributed by atoms with Gasteiger partial charge in [0, 0.05) is 26.2 Å². The smallest absolute Gasteiger partial charge is 0.260 e. The first-order valence-corrected chi connectivity index (χ1v) is 10.5. The largest absolute Gasteiger partial charge is 0.483 e. The minimum absolute atomic E-state index is 0.0143. The van der Waals surface area contributed by atoms with Gasteiger partial charge in [0.2, 0.25) is 10.0 Å². The van der Waals surface area contributed by atoms with Gasteiger partial charge in [0.05, 0.1) is 5.75 Å². The zero-order chi connectivity index (χ0) is 18.3. The zero-order valence-electron chi connectivity index (χ0n) is 15.1. The van der Waals surface area contributed by atoms with Crippen LogP contribution in [-0.2, 0) is 21.2 Å². The number of ether oxygens (including phenoxy) is 1. The molecule has 1 fully saturated rings. The summed E-state index contributed by atoms with van der Waals surface area (Å²) in [5.41, 5.74) is 1.07. The normalized spacial score (nSPS) is 16.0. The third kappa shape index (κ3) is 5.44. The fraction of sp³-hybridized carbons (Fsp3) is 0.611. The molecule has 0 saturated carbocycles. The summed E-state index contributed by atoms with van der Waals surface area (Å²) in [5.74, 6) is 0.824. The molecule has 2 rings (SSSR count). The van der Waals surface area contributed by atoms with Crippen LogP contribution in [0.2, 0.25) is 0 Å². The molecule has 0 aliphatic carbocycles. The van der Waals surface area contributed by atoms with Crippen molar-refractivity contribution in [3.8, 4) is 5.75 Å². The fourth-order valence-electron chi connectivity index (χ4n) is 2.84. The molecule has 0 spiro atoms. The second-order valence-electron chi connectivity index (χ2n) is 6.20. The van der Waals surface area contributed by atoms with E-state index in [4.69, 9.17) is 4.74 Å². The van der Waals surface area contributed by atoms with Gasteiger partial charge in [-0.1, -0.05) is 38.5 Å². The number of aryl methyl sites for hydroxylation is 1. The third-order valence-corrected chi connectivity index (χ3v) is 6.40. The minimum Gasteiger partial charge on any atom is -0.483 e. The molecule has 6 nitrogen and oxygen atoms in total. The van der Waals surface area contributed by atoms with Crippen LogP contribution in [0.15, 0.2) is 24.3 Å². The maximum atomic E-state index is 12.3. The van der Waals surface area contributed by atoms with Crippen molar-refractivity contribution in [1.29, 1.82) is 0 Å². The molecule has 0 radical (unpaired) electrons. The van der Waals surface area contributed by atoms with Crippen molar-refractivity contribution in [2.24, 2.45) is 0 Å². The van der Waals surface area contributed by atoms with E-state index in [1.54, 1.807) is 4.90 Å². The lowest BCUT2D eigenvalue weighted by Gasteiger charge is -2.34. The standard InChI is InChI=1S/C18H28N2O4S/c1-3-5-14-25(22,23)20-12-10-19(11-13-20)18(21)15-24-17-9-7-6-8-16(17)4-2/h6-9H,3-5,10-15H2,1-2H3. The van der Waals surface area contributed by atoms with Crippen LogP contribution in [0.25, 0.3) is 0 Å². The summed E-state index contributed by atoms with van der Waals surface area (Å²) in [6.45, 7) is 5.57. The van der Waals surface area contributed by atoms with Crippen LogP contribution in [0, 0.1) is 0 Å². The molecule has 25 heavy (non-hydrogen) atoms. The van der Waals surface area contributed by atoms with Gasteiger partial charge in [-0.2, -0.15) is 4.31 Å². The van der Waals surface area contributed by atoms with E-state index in [9.17, 15) is 13.2 Å². The maximum absolute atomic E-state index is 12.3. The van der Waals surface area contributed by atoms with E-state index in [0.29, 0.717) is 32.6 Å². The monoisotopic (exact) mass is 368 g/mol. The fourth-order valence-corrected chi connectivity index (χ4v) is 4.47. The molecule has 7 heteroatoms. The van der Waals surface area contributed by atoms with Gasteiger partial charge in [-0.25, -0.2) is 8.42 Å². The number of unbranched alkanes of at least 4 members (excludes halogenated alkanes) is 1. The first-order valence-electron chi connectivity index (χ1n) is 8.94. The van der Waals surface area contributed by atoms with Gasteiger partial charge in [0.15, 0.2) is 6.61 Å². The van der Waals surface area contributed by atoms with Gasteiger partial charge in [0.25, 0.3) is 5.91 Å². The van der Waals surface area contributed by atoms with Crippen molar-refractivity contribution in [3.63, 3.8) is 0 Å². The molecule has 1 aliphatic heterocycles. The Morgan fingerprint density at radius 1 is 1.12 bits per heavy atom. The van der Waals surface area contributed by atoms with E-state index in [0.717, 1.165) is 24.2 Å². The van der Waals surface area contributed by atoms with Crippen LogP contribution in [-0.4, -0.2) is 62.1 Å². The predicted molar refractivity (Wildman–Crippen MR) is 98.2 cm³/mol. The number of rotatable bonds is 8. The van der Waals surface area contributed by atoms with Gasteiger partial charge in [-0.15, -0.1) is 0 Å². The van der Waals surface area contributed by atoms with Crippen LogP contribution in [0.1, 0.15) is 32.3 Å².